The number of carbonyl (C=O) groups excluding carboxylic acids is 2. The average molecular weight is 200 g/mol. The number of hydrogen-bond donors (Lipinski definition) is 1. The van der Waals surface area contributed by atoms with Crippen LogP contribution in [0.3, 0.4) is 0 Å². The summed E-state index contributed by atoms with van der Waals surface area (Å²) in [5, 5.41) is 0. The molecule has 1 fully saturated rings. The number of hydroxylamine groups is 1. The average Bonchev–Trinajstić information content (AvgIpc) is 2.54. The molecule has 1 aliphatic rings. The Labute approximate surface area is 83.4 Å². The third-order valence-electron chi connectivity index (χ3n) is 2.38. The number of nitrogens with one attached hydrogen (secondary N) is 1. The minimum atomic E-state index is -0.384. The second-order valence-corrected chi connectivity index (χ2v) is 3.29. The van der Waals surface area contributed by atoms with Gasteiger partial charge in [-0.15, -0.1) is 0 Å². The van der Waals surface area contributed by atoms with E-state index in [0.717, 1.165) is 6.42 Å². The molecule has 5 nitrogen and oxygen atoms in total. The highest BCUT2D eigenvalue weighted by atomic mass is 16.6. The molecule has 1 rings (SSSR count). The maximum Gasteiger partial charge on any atom is 0.266 e. The van der Waals surface area contributed by atoms with Gasteiger partial charge >= 0.3 is 0 Å². The van der Waals surface area contributed by atoms with Crippen LogP contribution in [0.25, 0.3) is 0 Å². The summed E-state index contributed by atoms with van der Waals surface area (Å²) in [6, 6.07) is -0.384. The summed E-state index contributed by atoms with van der Waals surface area (Å²) >= 11 is 0. The van der Waals surface area contributed by atoms with Crippen molar-refractivity contribution < 1.29 is 14.4 Å². The van der Waals surface area contributed by atoms with Crippen molar-refractivity contribution in [1.82, 2.24) is 10.4 Å². The highest BCUT2D eigenvalue weighted by Crippen LogP contribution is 2.15. The second kappa shape index (κ2) is 4.95. The lowest BCUT2D eigenvalue weighted by Crippen LogP contribution is -2.46. The van der Waals surface area contributed by atoms with E-state index in [0.29, 0.717) is 19.4 Å². The minimum absolute atomic E-state index is 0.0584. The van der Waals surface area contributed by atoms with Crippen LogP contribution in [0.15, 0.2) is 0 Å². The van der Waals surface area contributed by atoms with Crippen LogP contribution >= 0.6 is 0 Å². The van der Waals surface area contributed by atoms with E-state index in [-0.39, 0.29) is 17.9 Å². The highest BCUT2D eigenvalue weighted by Gasteiger charge is 2.31. The largest absolute Gasteiger partial charge is 0.331 e. The molecule has 0 bridgehead atoms. The standard InChI is InChI=1S/C9H16N2O3/c1-3-7(9(13)10-14-2)11-6-4-5-8(11)12/h7H,3-6H2,1-2H3,(H,10,13)/t7-/m0/s1. The summed E-state index contributed by atoms with van der Waals surface area (Å²) in [6.07, 6.45) is 2.01. The molecule has 0 aliphatic carbocycles. The van der Waals surface area contributed by atoms with Gasteiger partial charge in [0, 0.05) is 13.0 Å². The predicted molar refractivity (Wildman–Crippen MR) is 50.2 cm³/mol. The molecule has 0 saturated carbocycles. The fraction of sp³-hybridized carbons (Fsp3) is 0.778. The van der Waals surface area contributed by atoms with E-state index in [1.54, 1.807) is 4.90 Å². The van der Waals surface area contributed by atoms with Crippen molar-refractivity contribution in [3.05, 3.63) is 0 Å². The first-order valence-corrected chi connectivity index (χ1v) is 4.83. The van der Waals surface area contributed by atoms with Crippen molar-refractivity contribution in [2.24, 2.45) is 0 Å². The van der Waals surface area contributed by atoms with Gasteiger partial charge in [0.2, 0.25) is 5.91 Å². The zero-order valence-electron chi connectivity index (χ0n) is 8.58. The molecule has 1 aliphatic heterocycles. The molecular formula is C9H16N2O3. The van der Waals surface area contributed by atoms with Crippen molar-refractivity contribution in [3.8, 4) is 0 Å². The summed E-state index contributed by atoms with van der Waals surface area (Å²) in [5.41, 5.74) is 2.26. The Hall–Kier alpha value is -1.10. The van der Waals surface area contributed by atoms with Crippen molar-refractivity contribution in [1.29, 1.82) is 0 Å². The fourth-order valence-corrected chi connectivity index (χ4v) is 1.71. The van der Waals surface area contributed by atoms with E-state index in [2.05, 4.69) is 10.3 Å². The van der Waals surface area contributed by atoms with Crippen LogP contribution in [0.1, 0.15) is 26.2 Å². The molecule has 0 spiro atoms. The Balaban J connectivity index is 2.60. The summed E-state index contributed by atoms with van der Waals surface area (Å²) in [5.74, 6) is -0.187. The third kappa shape index (κ3) is 2.23. The number of rotatable bonds is 4. The molecule has 1 N–H and O–H groups in total. The Morgan fingerprint density at radius 1 is 1.71 bits per heavy atom. The number of carbonyl (C=O) groups is 2. The zero-order chi connectivity index (χ0) is 10.6. The Morgan fingerprint density at radius 3 is 2.86 bits per heavy atom. The van der Waals surface area contributed by atoms with E-state index in [1.165, 1.54) is 7.11 Å². The van der Waals surface area contributed by atoms with E-state index >= 15 is 0 Å². The van der Waals surface area contributed by atoms with Crippen LogP contribution < -0.4 is 5.48 Å². The first-order valence-electron chi connectivity index (χ1n) is 4.83. The van der Waals surface area contributed by atoms with Crippen molar-refractivity contribution in [2.45, 2.75) is 32.2 Å². The smallest absolute Gasteiger partial charge is 0.266 e. The fourth-order valence-electron chi connectivity index (χ4n) is 1.71. The minimum Gasteiger partial charge on any atom is -0.331 e. The van der Waals surface area contributed by atoms with Gasteiger partial charge in [-0.25, -0.2) is 5.48 Å². The van der Waals surface area contributed by atoms with Gasteiger partial charge in [0.15, 0.2) is 0 Å². The molecule has 5 heteroatoms. The normalized spacial score (nSPS) is 18.4. The molecular weight excluding hydrogens is 184 g/mol. The molecule has 1 saturated heterocycles. The highest BCUT2D eigenvalue weighted by molar-refractivity contribution is 5.87. The summed E-state index contributed by atoms with van der Waals surface area (Å²) in [7, 11) is 1.39. The molecule has 0 aromatic heterocycles. The van der Waals surface area contributed by atoms with E-state index in [9.17, 15) is 9.59 Å². The molecule has 0 aromatic rings. The van der Waals surface area contributed by atoms with Crippen molar-refractivity contribution in [3.63, 3.8) is 0 Å². The lowest BCUT2D eigenvalue weighted by Gasteiger charge is -2.24. The summed E-state index contributed by atoms with van der Waals surface area (Å²) in [4.78, 5) is 29.0. The molecule has 80 valence electrons. The van der Waals surface area contributed by atoms with E-state index in [1.807, 2.05) is 6.92 Å². The molecule has 1 heterocycles. The Kier molecular flexibility index (Phi) is 3.88. The predicted octanol–water partition coefficient (Wildman–Crippen LogP) is 0.0650. The first kappa shape index (κ1) is 11.0. The number of amides is 2. The van der Waals surface area contributed by atoms with E-state index in [4.69, 9.17) is 0 Å². The lowest BCUT2D eigenvalue weighted by atomic mass is 10.2. The van der Waals surface area contributed by atoms with Crippen LogP contribution in [0, 0.1) is 0 Å². The van der Waals surface area contributed by atoms with Gasteiger partial charge in [-0.3, -0.25) is 14.4 Å². The van der Waals surface area contributed by atoms with Crippen molar-refractivity contribution >= 4 is 11.8 Å². The number of nitrogens with zero attached hydrogens (tertiary/aromatic N) is 1. The maximum atomic E-state index is 11.5. The molecule has 0 aromatic carbocycles. The quantitative estimate of drug-likeness (QED) is 0.653. The molecule has 14 heavy (non-hydrogen) atoms. The summed E-state index contributed by atoms with van der Waals surface area (Å²) < 4.78 is 0. The summed E-state index contributed by atoms with van der Waals surface area (Å²) in [6.45, 7) is 2.56. The second-order valence-electron chi connectivity index (χ2n) is 3.29. The van der Waals surface area contributed by atoms with Crippen LogP contribution in [0.4, 0.5) is 0 Å². The molecule has 0 radical (unpaired) electrons. The Morgan fingerprint density at radius 2 is 2.43 bits per heavy atom. The van der Waals surface area contributed by atoms with Crippen LogP contribution in [0.2, 0.25) is 0 Å². The lowest BCUT2D eigenvalue weighted by molar-refractivity contribution is -0.143. The Bertz CT molecular complexity index is 230. The third-order valence-corrected chi connectivity index (χ3v) is 2.38. The van der Waals surface area contributed by atoms with Gasteiger partial charge in [0.1, 0.15) is 6.04 Å². The van der Waals surface area contributed by atoms with Gasteiger partial charge in [-0.05, 0) is 12.8 Å². The van der Waals surface area contributed by atoms with Gasteiger partial charge in [-0.1, -0.05) is 6.92 Å². The van der Waals surface area contributed by atoms with Gasteiger partial charge in [-0.2, -0.15) is 0 Å². The van der Waals surface area contributed by atoms with Gasteiger partial charge < -0.3 is 4.90 Å². The molecule has 1 atom stereocenters. The molecule has 0 unspecified atom stereocenters. The van der Waals surface area contributed by atoms with Crippen LogP contribution in [-0.4, -0.2) is 36.4 Å². The monoisotopic (exact) mass is 200 g/mol. The zero-order valence-corrected chi connectivity index (χ0v) is 8.58. The SMILES string of the molecule is CC[C@@H](C(=O)NOC)N1CCCC1=O. The van der Waals surface area contributed by atoms with Crippen LogP contribution in [0.5, 0.6) is 0 Å². The number of hydrogen-bond acceptors (Lipinski definition) is 3. The van der Waals surface area contributed by atoms with Crippen LogP contribution in [-0.2, 0) is 14.4 Å². The van der Waals surface area contributed by atoms with Gasteiger partial charge in [0.05, 0.1) is 7.11 Å². The van der Waals surface area contributed by atoms with Gasteiger partial charge in [0.25, 0.3) is 5.91 Å². The maximum absolute atomic E-state index is 11.5. The first-order chi connectivity index (χ1) is 6.70. The van der Waals surface area contributed by atoms with E-state index < -0.39 is 0 Å². The molecule has 2 amide bonds. The number of likely N-dealkylation sites (tertiary alicyclic amines) is 1. The topological polar surface area (TPSA) is 58.6 Å². The van der Waals surface area contributed by atoms with Crippen molar-refractivity contribution in [2.75, 3.05) is 13.7 Å².